The van der Waals surface area contributed by atoms with Crippen molar-refractivity contribution in [2.45, 2.75) is 12.4 Å². The van der Waals surface area contributed by atoms with Gasteiger partial charge in [0.1, 0.15) is 5.69 Å². The summed E-state index contributed by atoms with van der Waals surface area (Å²) in [5, 5.41) is 8.40. The zero-order valence-corrected chi connectivity index (χ0v) is 7.73. The van der Waals surface area contributed by atoms with E-state index < -0.39 is 35.1 Å². The van der Waals surface area contributed by atoms with Gasteiger partial charge in [0, 0.05) is 6.20 Å². The zero-order chi connectivity index (χ0) is 13.4. The highest BCUT2D eigenvalue weighted by molar-refractivity contribution is 5.89. The molecule has 17 heavy (non-hydrogen) atoms. The number of hydrogen-bond acceptors (Lipinski definition) is 2. The fraction of sp³-hybridized carbons (Fsp3) is 0.250. The minimum Gasteiger partial charge on any atom is -0.478 e. The summed E-state index contributed by atoms with van der Waals surface area (Å²) in [6.45, 7) is 0. The van der Waals surface area contributed by atoms with Crippen LogP contribution in [0, 0.1) is 0 Å². The SMILES string of the molecule is O=C(O)c1cnc(C(F)(F)F)cc1C(F)(F)F. The van der Waals surface area contributed by atoms with Gasteiger partial charge in [0.15, 0.2) is 0 Å². The number of aromatic carboxylic acids is 1. The molecule has 0 saturated carbocycles. The van der Waals surface area contributed by atoms with Gasteiger partial charge in [-0.2, -0.15) is 26.3 Å². The van der Waals surface area contributed by atoms with Crippen LogP contribution < -0.4 is 0 Å². The molecule has 0 spiro atoms. The quantitative estimate of drug-likeness (QED) is 0.789. The minimum absolute atomic E-state index is 0.0357. The third kappa shape index (κ3) is 2.86. The maximum Gasteiger partial charge on any atom is 0.433 e. The van der Waals surface area contributed by atoms with E-state index in [2.05, 4.69) is 4.98 Å². The summed E-state index contributed by atoms with van der Waals surface area (Å²) in [7, 11) is 0. The van der Waals surface area contributed by atoms with Crippen molar-refractivity contribution in [1.29, 1.82) is 0 Å². The monoisotopic (exact) mass is 259 g/mol. The second-order valence-electron chi connectivity index (χ2n) is 2.92. The number of hydrogen-bond donors (Lipinski definition) is 1. The smallest absolute Gasteiger partial charge is 0.433 e. The van der Waals surface area contributed by atoms with Crippen molar-refractivity contribution in [3.63, 3.8) is 0 Å². The molecule has 0 amide bonds. The Hall–Kier alpha value is -1.80. The fourth-order valence-electron chi connectivity index (χ4n) is 1.02. The first-order valence-electron chi connectivity index (χ1n) is 3.91. The molecule has 94 valence electrons. The lowest BCUT2D eigenvalue weighted by molar-refractivity contribution is -0.145. The Bertz CT molecular complexity index is 450. The van der Waals surface area contributed by atoms with E-state index in [1.165, 1.54) is 0 Å². The predicted molar refractivity (Wildman–Crippen MR) is 41.2 cm³/mol. The van der Waals surface area contributed by atoms with E-state index in [0.717, 1.165) is 0 Å². The topological polar surface area (TPSA) is 50.2 Å². The number of halogens is 6. The number of nitrogens with zero attached hydrogens (tertiary/aromatic N) is 1. The van der Waals surface area contributed by atoms with Crippen LogP contribution in [0.15, 0.2) is 12.3 Å². The second kappa shape index (κ2) is 3.90. The highest BCUT2D eigenvalue weighted by Gasteiger charge is 2.40. The third-order valence-electron chi connectivity index (χ3n) is 1.73. The van der Waals surface area contributed by atoms with Gasteiger partial charge in [-0.1, -0.05) is 0 Å². The molecule has 3 nitrogen and oxygen atoms in total. The van der Waals surface area contributed by atoms with E-state index in [-0.39, 0.29) is 12.3 Å². The number of carboxylic acid groups (broad SMARTS) is 1. The molecule has 0 radical (unpaired) electrons. The van der Waals surface area contributed by atoms with E-state index in [1.54, 1.807) is 0 Å². The van der Waals surface area contributed by atoms with Crippen LogP contribution in [0.3, 0.4) is 0 Å². The van der Waals surface area contributed by atoms with E-state index in [9.17, 15) is 31.1 Å². The van der Waals surface area contributed by atoms with Crippen molar-refractivity contribution in [3.8, 4) is 0 Å². The van der Waals surface area contributed by atoms with Crippen LogP contribution in [0.2, 0.25) is 0 Å². The molecule has 1 aromatic rings. The largest absolute Gasteiger partial charge is 0.478 e. The number of pyridine rings is 1. The lowest BCUT2D eigenvalue weighted by Gasteiger charge is -2.12. The Labute approximate surface area is 89.7 Å². The van der Waals surface area contributed by atoms with Crippen LogP contribution in [-0.4, -0.2) is 16.1 Å². The highest BCUT2D eigenvalue weighted by Crippen LogP contribution is 2.35. The number of rotatable bonds is 1. The fourth-order valence-corrected chi connectivity index (χ4v) is 1.02. The number of alkyl halides is 6. The summed E-state index contributed by atoms with van der Waals surface area (Å²) in [6, 6.07) is -0.330. The molecule has 0 unspecified atom stereocenters. The van der Waals surface area contributed by atoms with Gasteiger partial charge in [0.2, 0.25) is 0 Å². The van der Waals surface area contributed by atoms with Gasteiger partial charge in [-0.3, -0.25) is 4.98 Å². The van der Waals surface area contributed by atoms with Crippen molar-refractivity contribution in [2.24, 2.45) is 0 Å². The van der Waals surface area contributed by atoms with Crippen molar-refractivity contribution in [1.82, 2.24) is 4.98 Å². The van der Waals surface area contributed by atoms with Crippen molar-refractivity contribution >= 4 is 5.97 Å². The molecular formula is C8H3F6NO2. The summed E-state index contributed by atoms with van der Waals surface area (Å²) in [4.78, 5) is 13.0. The summed E-state index contributed by atoms with van der Waals surface area (Å²) < 4.78 is 73.3. The van der Waals surface area contributed by atoms with Crippen molar-refractivity contribution in [3.05, 3.63) is 29.1 Å². The normalized spacial score (nSPS) is 12.6. The summed E-state index contributed by atoms with van der Waals surface area (Å²) in [5.41, 5.74) is -5.01. The van der Waals surface area contributed by atoms with Crippen LogP contribution in [0.25, 0.3) is 0 Å². The molecule has 0 aliphatic carbocycles. The van der Waals surface area contributed by atoms with Crippen molar-refractivity contribution in [2.75, 3.05) is 0 Å². The highest BCUT2D eigenvalue weighted by atomic mass is 19.4. The van der Waals surface area contributed by atoms with Gasteiger partial charge in [0.25, 0.3) is 0 Å². The molecule has 0 aliphatic rings. The first-order chi connectivity index (χ1) is 7.53. The molecule has 0 fully saturated rings. The second-order valence-corrected chi connectivity index (χ2v) is 2.92. The Morgan fingerprint density at radius 1 is 1.12 bits per heavy atom. The summed E-state index contributed by atoms with van der Waals surface area (Å²) in [5.74, 6) is -2.00. The first-order valence-corrected chi connectivity index (χ1v) is 3.91. The standard InChI is InChI=1S/C8H3F6NO2/c9-7(10,11)4-1-5(8(12,13)14)15-2-3(4)6(16)17/h1-2H,(H,16,17). The van der Waals surface area contributed by atoms with Crippen LogP contribution in [-0.2, 0) is 12.4 Å². The van der Waals surface area contributed by atoms with Gasteiger partial charge in [-0.25, -0.2) is 4.79 Å². The first kappa shape index (κ1) is 13.3. The van der Waals surface area contributed by atoms with Crippen molar-refractivity contribution < 1.29 is 36.2 Å². The molecule has 0 aromatic carbocycles. The van der Waals surface area contributed by atoms with E-state index in [0.29, 0.717) is 0 Å². The molecule has 1 N–H and O–H groups in total. The molecule has 0 atom stereocenters. The van der Waals surface area contributed by atoms with Gasteiger partial charge in [-0.05, 0) is 6.07 Å². The molecule has 9 heteroatoms. The number of carboxylic acids is 1. The van der Waals surface area contributed by atoms with Gasteiger partial charge < -0.3 is 5.11 Å². The molecule has 0 saturated heterocycles. The maximum atomic E-state index is 12.3. The van der Waals surface area contributed by atoms with Crippen LogP contribution in [0.5, 0.6) is 0 Å². The van der Waals surface area contributed by atoms with Gasteiger partial charge in [0.05, 0.1) is 11.1 Å². The van der Waals surface area contributed by atoms with Crippen LogP contribution in [0.4, 0.5) is 26.3 Å². The zero-order valence-electron chi connectivity index (χ0n) is 7.73. The molecule has 0 bridgehead atoms. The maximum absolute atomic E-state index is 12.3. The van der Waals surface area contributed by atoms with E-state index in [4.69, 9.17) is 5.11 Å². The minimum atomic E-state index is -5.20. The molecule has 1 aromatic heterocycles. The van der Waals surface area contributed by atoms with E-state index >= 15 is 0 Å². The van der Waals surface area contributed by atoms with Gasteiger partial charge >= 0.3 is 18.3 Å². The third-order valence-corrected chi connectivity index (χ3v) is 1.73. The lowest BCUT2D eigenvalue weighted by atomic mass is 10.1. The van der Waals surface area contributed by atoms with Crippen LogP contribution >= 0.6 is 0 Å². The Kier molecular flexibility index (Phi) is 3.04. The number of aromatic nitrogens is 1. The number of carbonyl (C=O) groups is 1. The average Bonchev–Trinajstić information content (AvgIpc) is 2.14. The summed E-state index contributed by atoms with van der Waals surface area (Å²) in [6.07, 6.45) is -10.2. The molecule has 1 heterocycles. The van der Waals surface area contributed by atoms with Gasteiger partial charge in [-0.15, -0.1) is 0 Å². The Balaban J connectivity index is 3.46. The molecular weight excluding hydrogens is 256 g/mol. The lowest BCUT2D eigenvalue weighted by Crippen LogP contribution is -2.17. The molecule has 0 aliphatic heterocycles. The van der Waals surface area contributed by atoms with E-state index in [1.807, 2.05) is 0 Å². The summed E-state index contributed by atoms with van der Waals surface area (Å²) >= 11 is 0. The Morgan fingerprint density at radius 3 is 2.00 bits per heavy atom. The predicted octanol–water partition coefficient (Wildman–Crippen LogP) is 2.82. The molecule has 1 rings (SSSR count). The Morgan fingerprint density at radius 2 is 1.65 bits per heavy atom. The van der Waals surface area contributed by atoms with Crippen LogP contribution in [0.1, 0.15) is 21.6 Å². The average molecular weight is 259 g/mol.